The summed E-state index contributed by atoms with van der Waals surface area (Å²) in [4.78, 5) is 7.01. The Kier molecular flexibility index (Phi) is 11.3. The van der Waals surface area contributed by atoms with E-state index >= 15 is 0 Å². The molecule has 42 heavy (non-hydrogen) atoms. The first kappa shape index (κ1) is 32.6. The molecule has 0 fully saturated rings. The molecule has 11 nitrogen and oxygen atoms in total. The number of ether oxygens (including phenoxy) is 1. The van der Waals surface area contributed by atoms with Gasteiger partial charge in [0.15, 0.2) is 0 Å². The normalized spacial score (nSPS) is 17.2. The van der Waals surface area contributed by atoms with Crippen LogP contribution in [0.2, 0.25) is 0 Å². The van der Waals surface area contributed by atoms with Crippen molar-refractivity contribution in [1.29, 1.82) is 0 Å². The van der Waals surface area contributed by atoms with Crippen molar-refractivity contribution in [3.8, 4) is 23.0 Å². The number of aliphatic hydroxyl groups excluding tert-OH is 1. The number of halogens is 2. The zero-order chi connectivity index (χ0) is 30.6. The molecule has 5 heterocycles. The minimum absolute atomic E-state index is 0.129. The Balaban J connectivity index is 0.00000198. The van der Waals surface area contributed by atoms with E-state index in [0.29, 0.717) is 30.9 Å². The third kappa shape index (κ3) is 6.47. The first-order chi connectivity index (χ1) is 20.3. The Labute approximate surface area is 264 Å². The van der Waals surface area contributed by atoms with Crippen molar-refractivity contribution in [1.82, 2.24) is 39.0 Å². The molecule has 5 rings (SSSR count). The molecule has 15 heteroatoms. The van der Waals surface area contributed by atoms with Gasteiger partial charge in [-0.05, 0) is 67.6 Å². The highest BCUT2D eigenvalue weighted by Gasteiger charge is 2.26. The number of likely N-dealkylation sites (N-methyl/N-ethyl adjacent to an activating group) is 1. The van der Waals surface area contributed by atoms with E-state index in [2.05, 4.69) is 44.1 Å². The van der Waals surface area contributed by atoms with Gasteiger partial charge in [0.2, 0.25) is 5.88 Å². The number of hydrogen-bond acceptors (Lipinski definition) is 9. The lowest BCUT2D eigenvalue weighted by Crippen LogP contribution is -2.35. The van der Waals surface area contributed by atoms with Gasteiger partial charge in [0.25, 0.3) is 18.3 Å². The number of aliphatic hydroxyl groups is 1. The van der Waals surface area contributed by atoms with Crippen LogP contribution >= 0.6 is 40.8 Å². The summed E-state index contributed by atoms with van der Waals surface area (Å²) in [6, 6.07) is 1.68. The van der Waals surface area contributed by atoms with E-state index in [1.54, 1.807) is 9.36 Å². The minimum atomic E-state index is -0.340. The molecule has 4 aromatic rings. The van der Waals surface area contributed by atoms with Gasteiger partial charge in [-0.15, -0.1) is 8.98 Å². The van der Waals surface area contributed by atoms with Crippen LogP contribution in [0.3, 0.4) is 0 Å². The van der Waals surface area contributed by atoms with Gasteiger partial charge >= 0.3 is 0 Å². The summed E-state index contributed by atoms with van der Waals surface area (Å²) in [5.41, 5.74) is 5.47. The van der Waals surface area contributed by atoms with Crippen molar-refractivity contribution >= 4 is 63.9 Å². The zero-order valence-corrected chi connectivity index (χ0v) is 28.8. The largest absolute Gasteiger partial charge is 0.473 e. The highest BCUT2D eigenvalue weighted by atomic mass is 127. The lowest BCUT2D eigenvalue weighted by atomic mass is 10.1. The Morgan fingerprint density at radius 1 is 1.29 bits per heavy atom. The maximum absolute atomic E-state index is 13.4. The molecule has 0 aromatic carbocycles. The maximum atomic E-state index is 13.4. The van der Waals surface area contributed by atoms with Crippen LogP contribution in [-0.4, -0.2) is 69.9 Å². The Hall–Kier alpha value is -2.26. The molecular weight excluding hydrogens is 693 g/mol. The predicted molar refractivity (Wildman–Crippen MR) is 177 cm³/mol. The first-order valence-corrected chi connectivity index (χ1v) is 18.5. The van der Waals surface area contributed by atoms with Crippen molar-refractivity contribution < 1.29 is 17.9 Å². The Morgan fingerprint density at radius 3 is 2.71 bits per heavy atom. The fraction of sp³-hybridized carbons (Fsp3) is 0.481. The second-order valence-electron chi connectivity index (χ2n) is 9.73. The summed E-state index contributed by atoms with van der Waals surface area (Å²) in [5.74, 6) is 0.790. The highest BCUT2D eigenvalue weighted by Crippen LogP contribution is 2.38. The number of aromatic nitrogens is 7. The van der Waals surface area contributed by atoms with Crippen LogP contribution in [0.25, 0.3) is 34.3 Å². The number of hydrogen-bond donors (Lipinski definition) is 1. The molecule has 0 aliphatic carbocycles. The average molecular weight is 731 g/mol. The van der Waals surface area contributed by atoms with Crippen LogP contribution in [-0.2, 0) is 13.6 Å². The molecule has 2 bridgehead atoms. The second kappa shape index (κ2) is 14.5. The molecule has 1 aliphatic rings. The first-order valence-electron chi connectivity index (χ1n) is 13.8. The Morgan fingerprint density at radius 2 is 2.05 bits per heavy atom. The summed E-state index contributed by atoms with van der Waals surface area (Å²) in [7, 11) is 1.87. The number of pyridine rings is 1. The van der Waals surface area contributed by atoms with Crippen LogP contribution in [0, 0.1) is 6.92 Å². The number of aryl methyl sites for hydroxylation is 2. The van der Waals surface area contributed by atoms with Gasteiger partial charge in [-0.1, -0.05) is 20.8 Å². The predicted octanol–water partition coefficient (Wildman–Crippen LogP) is 6.39. The standard InChI is InChI=1S/C25H31FIN8O3PS.C2H6/c1-6-33-11-15(3)37-25-23(16(4)29-32(25)5)20-9-18-19(30-35(39-27)21(18)10-28-20)8-7-17-22(12-33)34(14(2)13-36)31-24(17)38-40-26;1-2/h7-10,14-15,36,39H,6,11-13H2,1-5H3;1-2H3/b8-7+;. The van der Waals surface area contributed by atoms with Gasteiger partial charge in [0.05, 0.1) is 64.6 Å². The molecule has 4 aromatic heterocycles. The molecule has 0 saturated heterocycles. The highest BCUT2D eigenvalue weighted by molar-refractivity contribution is 14.2. The van der Waals surface area contributed by atoms with Crippen molar-refractivity contribution in [2.75, 3.05) is 19.7 Å². The van der Waals surface area contributed by atoms with Gasteiger partial charge < -0.3 is 14.0 Å². The van der Waals surface area contributed by atoms with Gasteiger partial charge in [-0.25, -0.2) is 9.13 Å². The summed E-state index contributed by atoms with van der Waals surface area (Å²) in [6.07, 6.45) is 5.77. The number of nitrogens with zero attached hydrogens (tertiary/aromatic N) is 8. The second-order valence-corrected chi connectivity index (χ2v) is 12.1. The van der Waals surface area contributed by atoms with Crippen LogP contribution in [0.5, 0.6) is 11.8 Å². The van der Waals surface area contributed by atoms with Gasteiger partial charge in [-0.3, -0.25) is 14.6 Å². The SMILES string of the molecule is CC.CCN1Cc2c(c(OSF)nn2C(C)CO)/C=C/c2nn(PI)c3cnc(cc23)-c2c(C)nn(C)c2OC(C)C1. The smallest absolute Gasteiger partial charge is 0.273 e. The average Bonchev–Trinajstić information content (AvgIpc) is 3.61. The van der Waals surface area contributed by atoms with Crippen LogP contribution < -0.4 is 8.92 Å². The van der Waals surface area contributed by atoms with Crippen molar-refractivity contribution in [2.24, 2.45) is 7.05 Å². The van der Waals surface area contributed by atoms with Crippen LogP contribution in [0.1, 0.15) is 63.3 Å². The Bertz CT molecular complexity index is 1560. The maximum Gasteiger partial charge on any atom is 0.273 e. The van der Waals surface area contributed by atoms with E-state index in [1.807, 2.05) is 70.5 Å². The molecule has 0 saturated carbocycles. The van der Waals surface area contributed by atoms with Crippen molar-refractivity contribution in [3.63, 3.8) is 0 Å². The van der Waals surface area contributed by atoms with E-state index in [9.17, 15) is 8.99 Å². The summed E-state index contributed by atoms with van der Waals surface area (Å²) < 4.78 is 30.5. The third-order valence-corrected chi connectivity index (χ3v) is 9.06. The van der Waals surface area contributed by atoms with E-state index < -0.39 is 0 Å². The minimum Gasteiger partial charge on any atom is -0.473 e. The van der Waals surface area contributed by atoms with Gasteiger partial charge in [-0.2, -0.15) is 10.2 Å². The van der Waals surface area contributed by atoms with Crippen molar-refractivity contribution in [2.45, 2.75) is 60.2 Å². The molecular formula is C27H37FIN8O3PS. The lowest BCUT2D eigenvalue weighted by molar-refractivity contribution is 0.132. The fourth-order valence-electron chi connectivity index (χ4n) is 5.02. The summed E-state index contributed by atoms with van der Waals surface area (Å²) in [5, 5.41) is 24.9. The van der Waals surface area contributed by atoms with E-state index in [1.165, 1.54) is 0 Å². The lowest BCUT2D eigenvalue weighted by Gasteiger charge is -2.26. The number of rotatable bonds is 6. The van der Waals surface area contributed by atoms with E-state index in [4.69, 9.17) is 19.0 Å². The monoisotopic (exact) mass is 730 g/mol. The molecule has 3 atom stereocenters. The third-order valence-electron chi connectivity index (χ3n) is 6.97. The zero-order valence-electron chi connectivity index (χ0n) is 24.8. The summed E-state index contributed by atoms with van der Waals surface area (Å²) in [6.45, 7) is 13.6. The van der Waals surface area contributed by atoms with Gasteiger partial charge in [0, 0.05) is 25.5 Å². The fourth-order valence-corrected chi connectivity index (χ4v) is 6.72. The molecule has 1 N–H and O–H groups in total. The van der Waals surface area contributed by atoms with Crippen LogP contribution in [0.15, 0.2) is 12.3 Å². The molecule has 3 unspecified atom stereocenters. The number of fused-ring (bicyclic) bond motifs is 4. The summed E-state index contributed by atoms with van der Waals surface area (Å²) >= 11 is 2.04. The van der Waals surface area contributed by atoms with E-state index in [0.717, 1.165) is 45.8 Å². The van der Waals surface area contributed by atoms with E-state index in [-0.39, 0.29) is 37.1 Å². The molecule has 0 amide bonds. The van der Waals surface area contributed by atoms with Crippen molar-refractivity contribution in [3.05, 3.63) is 34.9 Å². The topological polar surface area (TPSA) is 108 Å². The molecule has 228 valence electrons. The quantitative estimate of drug-likeness (QED) is 0.137. The van der Waals surface area contributed by atoms with Gasteiger partial charge in [0.1, 0.15) is 6.10 Å². The molecule has 1 aliphatic heterocycles. The molecule has 0 spiro atoms. The van der Waals surface area contributed by atoms with Crippen LogP contribution in [0.4, 0.5) is 3.89 Å². The molecule has 0 radical (unpaired) electrons.